The van der Waals surface area contributed by atoms with Crippen molar-refractivity contribution in [2.45, 2.75) is 277 Å². The molecule has 380 valence electrons. The smallest absolute Gasteiger partial charge is 0.306 e. The fourth-order valence-corrected chi connectivity index (χ4v) is 7.69. The number of esters is 3. The SMILES string of the molecule is CCCCCCC/C=C\C/C=C\C/C=C\CCCCCCCCC(=O)OCC(COC(=O)CCCCCCCC)OC(=O)CCCCCCCC/C=C\C/C=C\C/C=C\CCCCCCC. The van der Waals surface area contributed by atoms with Gasteiger partial charge in [0.25, 0.3) is 0 Å². The molecule has 6 nitrogen and oxygen atoms in total. The minimum atomic E-state index is -0.785. The normalized spacial score (nSPS) is 12.6. The fraction of sp³-hybridized carbons (Fsp3) is 0.750. The summed E-state index contributed by atoms with van der Waals surface area (Å²) in [5.74, 6) is -0.917. The highest BCUT2D eigenvalue weighted by Crippen LogP contribution is 2.14. The van der Waals surface area contributed by atoms with Gasteiger partial charge in [-0.1, -0.05) is 229 Å². The molecule has 0 radical (unpaired) electrons. The summed E-state index contributed by atoms with van der Waals surface area (Å²) in [6.07, 6.45) is 69.1. The Morgan fingerprint density at radius 1 is 0.303 bits per heavy atom. The van der Waals surface area contributed by atoms with E-state index in [9.17, 15) is 14.4 Å². The molecule has 1 unspecified atom stereocenters. The van der Waals surface area contributed by atoms with Gasteiger partial charge in [-0.05, 0) is 96.3 Å². The number of carbonyl (C=O) groups excluding carboxylic acids is 3. The van der Waals surface area contributed by atoms with E-state index in [1.54, 1.807) is 0 Å². The largest absolute Gasteiger partial charge is 0.462 e. The van der Waals surface area contributed by atoms with Crippen LogP contribution in [0, 0.1) is 0 Å². The van der Waals surface area contributed by atoms with E-state index in [1.807, 2.05) is 0 Å². The lowest BCUT2D eigenvalue weighted by molar-refractivity contribution is -0.167. The second kappa shape index (κ2) is 54.5. The van der Waals surface area contributed by atoms with Gasteiger partial charge in [0, 0.05) is 19.3 Å². The summed E-state index contributed by atoms with van der Waals surface area (Å²) in [4.78, 5) is 37.8. The van der Waals surface area contributed by atoms with Crippen molar-refractivity contribution in [3.05, 3.63) is 72.9 Å². The van der Waals surface area contributed by atoms with Crippen LogP contribution >= 0.6 is 0 Å². The molecule has 1 atom stereocenters. The summed E-state index contributed by atoms with van der Waals surface area (Å²) in [5.41, 5.74) is 0. The van der Waals surface area contributed by atoms with Gasteiger partial charge in [0.1, 0.15) is 13.2 Å². The second-order valence-electron chi connectivity index (χ2n) is 18.5. The molecule has 0 aromatic heterocycles. The van der Waals surface area contributed by atoms with Crippen LogP contribution in [-0.2, 0) is 28.6 Å². The van der Waals surface area contributed by atoms with Gasteiger partial charge in [0.15, 0.2) is 6.10 Å². The number of ether oxygens (including phenoxy) is 3. The highest BCUT2D eigenvalue weighted by molar-refractivity contribution is 5.71. The summed E-state index contributed by atoms with van der Waals surface area (Å²) in [6.45, 7) is 6.54. The van der Waals surface area contributed by atoms with Crippen LogP contribution < -0.4 is 0 Å². The molecule has 0 aliphatic heterocycles. The molecule has 0 aromatic carbocycles. The zero-order valence-corrected chi connectivity index (χ0v) is 43.4. The molecule has 0 saturated heterocycles. The van der Waals surface area contributed by atoms with Crippen LogP contribution in [0.15, 0.2) is 72.9 Å². The van der Waals surface area contributed by atoms with Gasteiger partial charge in [0.05, 0.1) is 0 Å². The van der Waals surface area contributed by atoms with Crippen molar-refractivity contribution in [2.75, 3.05) is 13.2 Å². The van der Waals surface area contributed by atoms with Gasteiger partial charge in [-0.2, -0.15) is 0 Å². The van der Waals surface area contributed by atoms with Crippen LogP contribution in [0.3, 0.4) is 0 Å². The zero-order valence-electron chi connectivity index (χ0n) is 43.4. The molecular formula is C60H104O6. The highest BCUT2D eigenvalue weighted by atomic mass is 16.6. The van der Waals surface area contributed by atoms with E-state index in [-0.39, 0.29) is 31.1 Å². The summed E-state index contributed by atoms with van der Waals surface area (Å²) in [5, 5.41) is 0. The molecule has 0 N–H and O–H groups in total. The van der Waals surface area contributed by atoms with E-state index < -0.39 is 6.10 Å². The minimum absolute atomic E-state index is 0.0854. The number of rotatable bonds is 50. The highest BCUT2D eigenvalue weighted by Gasteiger charge is 2.19. The van der Waals surface area contributed by atoms with Crippen molar-refractivity contribution in [1.82, 2.24) is 0 Å². The lowest BCUT2D eigenvalue weighted by atomic mass is 10.1. The van der Waals surface area contributed by atoms with Crippen molar-refractivity contribution >= 4 is 17.9 Å². The molecule has 0 bridgehead atoms. The van der Waals surface area contributed by atoms with E-state index in [2.05, 4.69) is 93.7 Å². The number of carbonyl (C=O) groups is 3. The maximum absolute atomic E-state index is 12.8. The summed E-state index contributed by atoms with van der Waals surface area (Å²) >= 11 is 0. The standard InChI is InChI=1S/C60H104O6/c1-4-7-10-13-16-18-20-22-24-26-28-30-32-34-36-38-40-42-44-47-50-53-59(62)65-56-57(55-64-58(61)52-49-46-15-12-9-6-3)66-60(63)54-51-48-45-43-41-39-37-35-33-31-29-27-25-23-21-19-17-14-11-8-5-2/h20-23,26-29,32-35,57H,4-19,24-25,30-31,36-56H2,1-3H3/b22-20-,23-21-,28-26-,29-27-,34-32-,35-33-. The molecule has 0 spiro atoms. The Hall–Kier alpha value is -3.15. The van der Waals surface area contributed by atoms with E-state index in [4.69, 9.17) is 14.2 Å². The van der Waals surface area contributed by atoms with Gasteiger partial charge < -0.3 is 14.2 Å². The Morgan fingerprint density at radius 2 is 0.545 bits per heavy atom. The maximum atomic E-state index is 12.8. The third-order valence-corrected chi connectivity index (χ3v) is 11.9. The van der Waals surface area contributed by atoms with Crippen molar-refractivity contribution in [3.63, 3.8) is 0 Å². The van der Waals surface area contributed by atoms with E-state index in [1.165, 1.54) is 128 Å². The molecule has 0 aromatic rings. The molecule has 0 aliphatic carbocycles. The number of hydrogen-bond donors (Lipinski definition) is 0. The van der Waals surface area contributed by atoms with Crippen molar-refractivity contribution in [3.8, 4) is 0 Å². The lowest BCUT2D eigenvalue weighted by Gasteiger charge is -2.18. The summed E-state index contributed by atoms with van der Waals surface area (Å²) in [6, 6.07) is 0. The second-order valence-corrected chi connectivity index (χ2v) is 18.5. The molecule has 0 heterocycles. The van der Waals surface area contributed by atoms with Crippen molar-refractivity contribution in [2.24, 2.45) is 0 Å². The van der Waals surface area contributed by atoms with Crippen molar-refractivity contribution in [1.29, 1.82) is 0 Å². The van der Waals surface area contributed by atoms with Gasteiger partial charge in [-0.15, -0.1) is 0 Å². The van der Waals surface area contributed by atoms with Crippen LogP contribution in [-0.4, -0.2) is 37.2 Å². The van der Waals surface area contributed by atoms with E-state index in [0.717, 1.165) is 103 Å². The maximum Gasteiger partial charge on any atom is 0.306 e. The molecule has 0 fully saturated rings. The minimum Gasteiger partial charge on any atom is -0.462 e. The number of hydrogen-bond acceptors (Lipinski definition) is 6. The Balaban J connectivity index is 4.24. The van der Waals surface area contributed by atoms with Crippen molar-refractivity contribution < 1.29 is 28.6 Å². The number of unbranched alkanes of at least 4 members (excludes halogenated alkanes) is 27. The number of allylic oxidation sites excluding steroid dienone is 12. The molecule has 66 heavy (non-hydrogen) atoms. The van der Waals surface area contributed by atoms with E-state index >= 15 is 0 Å². The van der Waals surface area contributed by atoms with Crippen LogP contribution in [0.1, 0.15) is 271 Å². The van der Waals surface area contributed by atoms with Gasteiger partial charge in [-0.3, -0.25) is 14.4 Å². The average molecular weight is 921 g/mol. The third kappa shape index (κ3) is 51.8. The van der Waals surface area contributed by atoms with Crippen LogP contribution in [0.4, 0.5) is 0 Å². The Kier molecular flexibility index (Phi) is 51.9. The molecule has 0 saturated carbocycles. The predicted octanol–water partition coefficient (Wildman–Crippen LogP) is 18.6. The first-order chi connectivity index (χ1) is 32.5. The monoisotopic (exact) mass is 921 g/mol. The zero-order chi connectivity index (χ0) is 47.9. The van der Waals surface area contributed by atoms with E-state index in [0.29, 0.717) is 19.3 Å². The Morgan fingerprint density at radius 3 is 0.848 bits per heavy atom. The van der Waals surface area contributed by atoms with Crippen LogP contribution in [0.25, 0.3) is 0 Å². The van der Waals surface area contributed by atoms with Gasteiger partial charge in [-0.25, -0.2) is 0 Å². The molecular weight excluding hydrogens is 817 g/mol. The predicted molar refractivity (Wildman–Crippen MR) is 284 cm³/mol. The summed E-state index contributed by atoms with van der Waals surface area (Å²) in [7, 11) is 0. The Bertz CT molecular complexity index is 1240. The van der Waals surface area contributed by atoms with Gasteiger partial charge in [0.2, 0.25) is 0 Å². The fourth-order valence-electron chi connectivity index (χ4n) is 7.69. The lowest BCUT2D eigenvalue weighted by Crippen LogP contribution is -2.30. The quantitative estimate of drug-likeness (QED) is 0.0262. The molecule has 0 aliphatic rings. The topological polar surface area (TPSA) is 78.9 Å². The molecule has 6 heteroatoms. The van der Waals surface area contributed by atoms with Crippen LogP contribution in [0.2, 0.25) is 0 Å². The van der Waals surface area contributed by atoms with Crippen LogP contribution in [0.5, 0.6) is 0 Å². The molecule has 0 amide bonds. The first kappa shape index (κ1) is 62.8. The third-order valence-electron chi connectivity index (χ3n) is 11.9. The first-order valence-electron chi connectivity index (χ1n) is 27.9. The molecule has 0 rings (SSSR count). The Labute approximate surface area is 408 Å². The average Bonchev–Trinajstić information content (AvgIpc) is 3.31. The summed E-state index contributed by atoms with van der Waals surface area (Å²) < 4.78 is 16.7. The van der Waals surface area contributed by atoms with Gasteiger partial charge >= 0.3 is 17.9 Å². The first-order valence-corrected chi connectivity index (χ1v) is 27.9.